The van der Waals surface area contributed by atoms with Crippen molar-refractivity contribution in [3.63, 3.8) is 0 Å². The molecule has 0 bridgehead atoms. The van der Waals surface area contributed by atoms with Crippen LogP contribution in [0.4, 0.5) is 13.2 Å². The lowest BCUT2D eigenvalue weighted by atomic mass is 10.2. The van der Waals surface area contributed by atoms with Crippen LogP contribution < -0.4 is 0 Å². The Hall–Kier alpha value is -1.32. The molecule has 3 rings (SSSR count). The van der Waals surface area contributed by atoms with Crippen molar-refractivity contribution in [3.05, 3.63) is 44.8 Å². The van der Waals surface area contributed by atoms with E-state index >= 15 is 0 Å². The topological polar surface area (TPSA) is 32.7 Å². The van der Waals surface area contributed by atoms with Crippen LogP contribution in [0.15, 0.2) is 40.0 Å². The molecule has 9 heteroatoms. The fraction of sp³-hybridized carbons (Fsp3) is 0.375. The zero-order valence-electron chi connectivity index (χ0n) is 13.0. The van der Waals surface area contributed by atoms with Crippen molar-refractivity contribution in [1.29, 1.82) is 0 Å². The molecule has 2 aromatic rings. The molecule has 1 aliphatic rings. The minimum Gasteiger partial charge on any atom is -0.350 e. The van der Waals surface area contributed by atoms with Crippen LogP contribution in [-0.4, -0.2) is 40.5 Å². The number of thiophene rings is 2. The first-order valence-electron chi connectivity index (χ1n) is 7.58. The highest BCUT2D eigenvalue weighted by atomic mass is 32.2. The number of aliphatic imine (C=N–C) groups is 1. The molecule has 1 saturated heterocycles. The number of hydrogen-bond donors (Lipinski definition) is 0. The van der Waals surface area contributed by atoms with Crippen molar-refractivity contribution >= 4 is 45.5 Å². The van der Waals surface area contributed by atoms with Crippen molar-refractivity contribution in [3.8, 4) is 0 Å². The summed E-state index contributed by atoms with van der Waals surface area (Å²) in [7, 11) is 0. The molecule has 0 aliphatic carbocycles. The monoisotopic (exact) mass is 404 g/mol. The maximum Gasteiger partial charge on any atom is 0.390 e. The Kier molecular flexibility index (Phi) is 5.85. The van der Waals surface area contributed by atoms with Gasteiger partial charge in [-0.15, -0.1) is 22.7 Å². The smallest absolute Gasteiger partial charge is 0.350 e. The van der Waals surface area contributed by atoms with Gasteiger partial charge in [0, 0.05) is 23.2 Å². The van der Waals surface area contributed by atoms with Crippen molar-refractivity contribution in [2.75, 3.05) is 13.1 Å². The second kappa shape index (κ2) is 7.92. The lowest BCUT2D eigenvalue weighted by molar-refractivity contribution is -0.134. The zero-order chi connectivity index (χ0) is 17.9. The first-order valence-corrected chi connectivity index (χ1v) is 10.2. The molecule has 134 valence electrons. The van der Waals surface area contributed by atoms with Crippen molar-refractivity contribution in [1.82, 2.24) is 4.90 Å². The number of thioether (sulfide) groups is 1. The summed E-state index contributed by atoms with van der Waals surface area (Å²) in [6.45, 7) is 0.810. The molecular formula is C16H15F3N2OS3. The molecular weight excluding hydrogens is 389 g/mol. The van der Waals surface area contributed by atoms with Gasteiger partial charge in [-0.2, -0.15) is 18.2 Å². The molecule has 3 nitrogen and oxygen atoms in total. The second-order valence-electron chi connectivity index (χ2n) is 5.51. The fourth-order valence-corrected chi connectivity index (χ4v) is 5.06. The van der Waals surface area contributed by atoms with E-state index in [9.17, 15) is 18.0 Å². The number of alkyl halides is 3. The lowest BCUT2D eigenvalue weighted by Gasteiger charge is -2.17. The van der Waals surface area contributed by atoms with E-state index < -0.39 is 23.8 Å². The Morgan fingerprint density at radius 1 is 1.24 bits per heavy atom. The molecule has 3 heterocycles. The van der Waals surface area contributed by atoms with E-state index in [-0.39, 0.29) is 6.54 Å². The summed E-state index contributed by atoms with van der Waals surface area (Å²) >= 11 is 3.94. The third-order valence-electron chi connectivity index (χ3n) is 3.56. The average Bonchev–Trinajstić information content (AvgIpc) is 3.26. The van der Waals surface area contributed by atoms with Crippen LogP contribution in [0.3, 0.4) is 0 Å². The quantitative estimate of drug-likeness (QED) is 0.709. The van der Waals surface area contributed by atoms with E-state index in [2.05, 4.69) is 4.99 Å². The molecule has 0 radical (unpaired) electrons. The van der Waals surface area contributed by atoms with Crippen LogP contribution in [0.1, 0.15) is 21.0 Å². The first-order chi connectivity index (χ1) is 11.9. The number of amides is 1. The Morgan fingerprint density at radius 3 is 2.64 bits per heavy atom. The number of rotatable bonds is 5. The average molecular weight is 405 g/mol. The third-order valence-corrected chi connectivity index (χ3v) is 6.57. The van der Waals surface area contributed by atoms with E-state index in [1.165, 1.54) is 11.3 Å². The van der Waals surface area contributed by atoms with Gasteiger partial charge in [0.05, 0.1) is 11.3 Å². The lowest BCUT2D eigenvalue weighted by Crippen LogP contribution is -2.29. The third kappa shape index (κ3) is 5.32. The predicted molar refractivity (Wildman–Crippen MR) is 97.7 cm³/mol. The maximum atomic E-state index is 12.7. The van der Waals surface area contributed by atoms with Gasteiger partial charge in [0.2, 0.25) is 0 Å². The fourth-order valence-electron chi connectivity index (χ4n) is 2.48. The van der Waals surface area contributed by atoms with E-state index in [0.29, 0.717) is 16.6 Å². The molecule has 25 heavy (non-hydrogen) atoms. The highest BCUT2D eigenvalue weighted by Crippen LogP contribution is 2.35. The van der Waals surface area contributed by atoms with E-state index in [1.807, 2.05) is 17.5 Å². The summed E-state index contributed by atoms with van der Waals surface area (Å²) in [5.41, 5.74) is 0. The van der Waals surface area contributed by atoms with Gasteiger partial charge in [-0.05, 0) is 29.3 Å². The number of hydrogen-bond acceptors (Lipinski definition) is 4. The number of nitrogens with zero attached hydrogens (tertiary/aromatic N) is 2. The van der Waals surface area contributed by atoms with Crippen LogP contribution >= 0.6 is 34.4 Å². The largest absolute Gasteiger partial charge is 0.390 e. The highest BCUT2D eigenvalue weighted by Gasteiger charge is 2.38. The Bertz CT molecular complexity index is 726. The van der Waals surface area contributed by atoms with Gasteiger partial charge < -0.3 is 4.90 Å². The van der Waals surface area contributed by atoms with Crippen LogP contribution in [0.25, 0.3) is 0 Å². The van der Waals surface area contributed by atoms with Crippen molar-refractivity contribution in [2.45, 2.75) is 24.3 Å². The van der Waals surface area contributed by atoms with Crippen LogP contribution in [0.2, 0.25) is 0 Å². The van der Waals surface area contributed by atoms with Gasteiger partial charge in [-0.3, -0.25) is 4.79 Å². The van der Waals surface area contributed by atoms with Crippen LogP contribution in [0, 0.1) is 0 Å². The summed E-state index contributed by atoms with van der Waals surface area (Å²) in [5.74, 6) is -0.397. The summed E-state index contributed by atoms with van der Waals surface area (Å²) < 4.78 is 38.2. The number of carbonyl (C=O) groups is 1. The number of halogens is 3. The van der Waals surface area contributed by atoms with Crippen LogP contribution in [0.5, 0.6) is 0 Å². The first kappa shape index (κ1) is 18.5. The molecule has 1 unspecified atom stereocenters. The SMILES string of the molecule is O=C(N=C1SC(CC(F)(F)F)CN1CCc1cccs1)c1cccs1. The predicted octanol–water partition coefficient (Wildman–Crippen LogP) is 4.92. The van der Waals surface area contributed by atoms with E-state index in [1.54, 1.807) is 33.7 Å². The van der Waals surface area contributed by atoms with Gasteiger partial charge in [-0.1, -0.05) is 23.9 Å². The zero-order valence-corrected chi connectivity index (χ0v) is 15.5. The molecule has 1 fully saturated rings. The van der Waals surface area contributed by atoms with Crippen molar-refractivity contribution in [2.24, 2.45) is 4.99 Å². The molecule has 0 N–H and O–H groups in total. The van der Waals surface area contributed by atoms with Crippen LogP contribution in [-0.2, 0) is 6.42 Å². The molecule has 0 spiro atoms. The van der Waals surface area contributed by atoms with E-state index in [0.717, 1.165) is 23.1 Å². The Balaban J connectivity index is 1.72. The Morgan fingerprint density at radius 2 is 2.00 bits per heavy atom. The molecule has 0 aromatic carbocycles. The summed E-state index contributed by atoms with van der Waals surface area (Å²) in [4.78, 5) is 19.7. The molecule has 1 aliphatic heterocycles. The summed E-state index contributed by atoms with van der Waals surface area (Å²) in [6.07, 6.45) is -4.37. The van der Waals surface area contributed by atoms with Gasteiger partial charge in [0.25, 0.3) is 5.91 Å². The molecule has 2 aromatic heterocycles. The standard InChI is InChI=1S/C16H15F3N2OS3/c17-16(18,19)9-12-10-21(6-5-11-3-1-7-23-11)15(25-12)20-14(22)13-4-2-8-24-13/h1-4,7-8,12H,5-6,9-10H2. The number of carbonyl (C=O) groups excluding carboxylic acids is 1. The van der Waals surface area contributed by atoms with E-state index in [4.69, 9.17) is 0 Å². The normalized spacial score (nSPS) is 19.7. The molecule has 0 saturated carbocycles. The molecule has 1 atom stereocenters. The molecule has 1 amide bonds. The van der Waals surface area contributed by atoms with Gasteiger partial charge in [0.1, 0.15) is 0 Å². The summed E-state index contributed by atoms with van der Waals surface area (Å²) in [6, 6.07) is 7.36. The minimum atomic E-state index is -4.22. The van der Waals surface area contributed by atoms with Crippen molar-refractivity contribution < 1.29 is 18.0 Å². The minimum absolute atomic E-state index is 0.256. The summed E-state index contributed by atoms with van der Waals surface area (Å²) in [5, 5.41) is 3.51. The van der Waals surface area contributed by atoms with Gasteiger partial charge in [0.15, 0.2) is 5.17 Å². The highest BCUT2D eigenvalue weighted by molar-refractivity contribution is 8.14. The second-order valence-corrected chi connectivity index (χ2v) is 8.76. The maximum absolute atomic E-state index is 12.7. The Labute approximate surface area is 155 Å². The van der Waals surface area contributed by atoms with Gasteiger partial charge in [-0.25, -0.2) is 0 Å². The van der Waals surface area contributed by atoms with Gasteiger partial charge >= 0.3 is 6.18 Å². The number of amidine groups is 1.